The largest absolute Gasteiger partial charge is 0.386 e. The van der Waals surface area contributed by atoms with Crippen LogP contribution in [0.4, 0.5) is 18.9 Å². The number of amides is 1. The Balaban J connectivity index is 1.91. The second kappa shape index (κ2) is 5.97. The van der Waals surface area contributed by atoms with E-state index in [-0.39, 0.29) is 23.7 Å². The van der Waals surface area contributed by atoms with Crippen LogP contribution in [-0.4, -0.2) is 29.9 Å². The van der Waals surface area contributed by atoms with Crippen LogP contribution in [0.1, 0.15) is 39.2 Å². The summed E-state index contributed by atoms with van der Waals surface area (Å²) in [6, 6.07) is 3.95. The van der Waals surface area contributed by atoms with E-state index in [0.29, 0.717) is 6.42 Å². The van der Waals surface area contributed by atoms with Crippen molar-refractivity contribution in [1.82, 2.24) is 0 Å². The highest BCUT2D eigenvalue weighted by Gasteiger charge is 2.61. The molecule has 2 aliphatic rings. The predicted molar refractivity (Wildman–Crippen MR) is 91.7 cm³/mol. The zero-order valence-electron chi connectivity index (χ0n) is 14.9. The Morgan fingerprint density at radius 3 is 2.62 bits per heavy atom. The van der Waals surface area contributed by atoms with Gasteiger partial charge in [0.1, 0.15) is 24.2 Å². The van der Waals surface area contributed by atoms with Crippen molar-refractivity contribution in [2.24, 2.45) is 16.6 Å². The van der Waals surface area contributed by atoms with Crippen molar-refractivity contribution < 1.29 is 22.7 Å². The van der Waals surface area contributed by atoms with E-state index in [4.69, 9.17) is 10.5 Å². The molecule has 1 aromatic rings. The molecule has 1 aromatic carbocycles. The third-order valence-corrected chi connectivity index (χ3v) is 4.73. The van der Waals surface area contributed by atoms with Crippen molar-refractivity contribution in [3.63, 3.8) is 0 Å². The summed E-state index contributed by atoms with van der Waals surface area (Å²) in [6.45, 7) is 5.59. The topological polar surface area (TPSA) is 76.7 Å². The fraction of sp³-hybridized carbons (Fsp3) is 0.556. The molecule has 142 valence electrons. The van der Waals surface area contributed by atoms with Crippen LogP contribution in [0, 0.1) is 11.7 Å². The smallest absolute Gasteiger partial charge is 0.260 e. The minimum atomic E-state index is -2.96. The maximum Gasteiger partial charge on any atom is 0.260 e. The van der Waals surface area contributed by atoms with E-state index < -0.39 is 41.1 Å². The Morgan fingerprint density at radius 2 is 2.00 bits per heavy atom. The number of aliphatic imine (C=N–C) groups is 1. The monoisotopic (exact) mass is 369 g/mol. The van der Waals surface area contributed by atoms with Gasteiger partial charge in [0.25, 0.3) is 5.92 Å². The summed E-state index contributed by atoms with van der Waals surface area (Å²) < 4.78 is 46.3. The third-order valence-electron chi connectivity index (χ3n) is 4.73. The van der Waals surface area contributed by atoms with Crippen LogP contribution in [0.15, 0.2) is 23.2 Å². The van der Waals surface area contributed by atoms with Crippen molar-refractivity contribution in [3.05, 3.63) is 29.6 Å². The van der Waals surface area contributed by atoms with Gasteiger partial charge in [-0.1, -0.05) is 0 Å². The SMILES string of the molecule is CC1(C)CC(C)(c2cc(NC(=O)C3CC3(F)F)ccc2F)N=C(N)CO1. The van der Waals surface area contributed by atoms with E-state index in [2.05, 4.69) is 10.3 Å². The lowest BCUT2D eigenvalue weighted by atomic mass is 9.82. The van der Waals surface area contributed by atoms with Crippen LogP contribution in [0.3, 0.4) is 0 Å². The summed E-state index contributed by atoms with van der Waals surface area (Å²) in [4.78, 5) is 16.3. The highest BCUT2D eigenvalue weighted by atomic mass is 19.3. The average molecular weight is 369 g/mol. The number of benzene rings is 1. The van der Waals surface area contributed by atoms with Gasteiger partial charge in [0, 0.05) is 24.1 Å². The molecule has 1 aliphatic heterocycles. The number of hydrogen-bond acceptors (Lipinski definition) is 4. The number of anilines is 1. The lowest BCUT2D eigenvalue weighted by Gasteiger charge is -2.33. The molecule has 1 heterocycles. The first-order valence-electron chi connectivity index (χ1n) is 8.39. The Bertz CT molecular complexity index is 779. The van der Waals surface area contributed by atoms with E-state index >= 15 is 0 Å². The maximum atomic E-state index is 14.6. The van der Waals surface area contributed by atoms with Crippen molar-refractivity contribution in [3.8, 4) is 0 Å². The van der Waals surface area contributed by atoms with E-state index in [0.717, 1.165) is 0 Å². The second-order valence-corrected chi connectivity index (χ2v) is 7.80. The molecular weight excluding hydrogens is 347 g/mol. The van der Waals surface area contributed by atoms with Gasteiger partial charge in [0.2, 0.25) is 5.91 Å². The first-order valence-corrected chi connectivity index (χ1v) is 8.39. The lowest BCUT2D eigenvalue weighted by molar-refractivity contribution is -0.119. The first-order chi connectivity index (χ1) is 11.9. The normalized spacial score (nSPS) is 29.5. The number of carbonyl (C=O) groups is 1. The molecule has 5 nitrogen and oxygen atoms in total. The van der Waals surface area contributed by atoms with Crippen molar-refractivity contribution >= 4 is 17.4 Å². The molecule has 8 heteroatoms. The number of hydrogen-bond donors (Lipinski definition) is 2. The van der Waals surface area contributed by atoms with Crippen LogP contribution in [-0.2, 0) is 15.1 Å². The van der Waals surface area contributed by atoms with Crippen molar-refractivity contribution in [2.75, 3.05) is 11.9 Å². The molecule has 1 saturated carbocycles. The molecule has 26 heavy (non-hydrogen) atoms. The van der Waals surface area contributed by atoms with Crippen LogP contribution < -0.4 is 11.1 Å². The molecule has 1 fully saturated rings. The highest BCUT2D eigenvalue weighted by molar-refractivity contribution is 5.95. The molecule has 0 bridgehead atoms. The number of amidine groups is 1. The van der Waals surface area contributed by atoms with Gasteiger partial charge in [0.15, 0.2) is 0 Å². The van der Waals surface area contributed by atoms with Gasteiger partial charge in [-0.05, 0) is 39.0 Å². The van der Waals surface area contributed by atoms with E-state index in [9.17, 15) is 18.0 Å². The summed E-state index contributed by atoms with van der Waals surface area (Å²) in [6.07, 6.45) is -0.104. The molecule has 3 rings (SSSR count). The minimum absolute atomic E-state index is 0.136. The van der Waals surface area contributed by atoms with Crippen LogP contribution >= 0.6 is 0 Å². The van der Waals surface area contributed by atoms with Gasteiger partial charge in [-0.3, -0.25) is 9.79 Å². The summed E-state index contributed by atoms with van der Waals surface area (Å²) in [5.74, 6) is -5.34. The molecular formula is C18H22F3N3O2. The number of nitrogens with one attached hydrogen (secondary N) is 1. The Kier molecular flexibility index (Phi) is 4.29. The molecule has 0 saturated heterocycles. The fourth-order valence-electron chi connectivity index (χ4n) is 3.44. The molecule has 2 unspecified atom stereocenters. The summed E-state index contributed by atoms with van der Waals surface area (Å²) in [7, 11) is 0. The van der Waals surface area contributed by atoms with Gasteiger partial charge in [0.05, 0.1) is 11.1 Å². The second-order valence-electron chi connectivity index (χ2n) is 7.80. The van der Waals surface area contributed by atoms with E-state index in [1.54, 1.807) is 6.92 Å². The number of carbonyl (C=O) groups excluding carboxylic acids is 1. The van der Waals surface area contributed by atoms with Gasteiger partial charge in [-0.2, -0.15) is 0 Å². The van der Waals surface area contributed by atoms with Gasteiger partial charge in [-0.25, -0.2) is 13.2 Å². The van der Waals surface area contributed by atoms with Crippen LogP contribution in [0.5, 0.6) is 0 Å². The summed E-state index contributed by atoms with van der Waals surface area (Å²) in [5, 5.41) is 2.43. The molecule has 1 amide bonds. The summed E-state index contributed by atoms with van der Waals surface area (Å²) >= 11 is 0. The number of alkyl halides is 2. The number of ether oxygens (including phenoxy) is 1. The van der Waals surface area contributed by atoms with Gasteiger partial charge in [-0.15, -0.1) is 0 Å². The number of halogens is 3. The molecule has 2 atom stereocenters. The Hall–Kier alpha value is -2.09. The molecule has 0 aromatic heterocycles. The molecule has 1 aliphatic carbocycles. The summed E-state index contributed by atoms with van der Waals surface area (Å²) in [5.41, 5.74) is 4.72. The third kappa shape index (κ3) is 3.70. The fourth-order valence-corrected chi connectivity index (χ4v) is 3.44. The van der Waals surface area contributed by atoms with Crippen molar-refractivity contribution in [2.45, 2.75) is 50.7 Å². The van der Waals surface area contributed by atoms with Crippen LogP contribution in [0.2, 0.25) is 0 Å². The first kappa shape index (κ1) is 18.7. The number of nitrogens with two attached hydrogens (primary N) is 1. The number of rotatable bonds is 3. The Labute approximate surface area is 149 Å². The quantitative estimate of drug-likeness (QED) is 0.859. The van der Waals surface area contributed by atoms with Gasteiger partial charge >= 0.3 is 0 Å². The predicted octanol–water partition coefficient (Wildman–Crippen LogP) is 3.19. The molecule has 3 N–H and O–H groups in total. The zero-order valence-corrected chi connectivity index (χ0v) is 14.9. The van der Waals surface area contributed by atoms with Crippen LogP contribution in [0.25, 0.3) is 0 Å². The van der Waals surface area contributed by atoms with E-state index in [1.807, 2.05) is 13.8 Å². The Morgan fingerprint density at radius 1 is 1.35 bits per heavy atom. The highest BCUT2D eigenvalue weighted by Crippen LogP contribution is 2.49. The zero-order chi connectivity index (χ0) is 19.3. The molecule has 0 spiro atoms. The maximum absolute atomic E-state index is 14.6. The van der Waals surface area contributed by atoms with Crippen molar-refractivity contribution in [1.29, 1.82) is 0 Å². The van der Waals surface area contributed by atoms with Gasteiger partial charge < -0.3 is 15.8 Å². The van der Waals surface area contributed by atoms with E-state index in [1.165, 1.54) is 18.2 Å². The minimum Gasteiger partial charge on any atom is -0.386 e. The molecule has 0 radical (unpaired) electrons. The average Bonchev–Trinajstić information content (AvgIpc) is 3.17. The lowest BCUT2D eigenvalue weighted by Crippen LogP contribution is -2.33. The standard InChI is InChI=1S/C18H22F3N3O2/c1-16(2)9-17(3,24-14(22)8-26-16)11-6-10(4-5-13(11)19)23-15(25)12-7-18(12,20)21/h4-6,12H,7-9H2,1-3H3,(H2,22,24)(H,23,25). The number of nitrogens with zero attached hydrogens (tertiary/aromatic N) is 1.